The van der Waals surface area contributed by atoms with Crippen molar-refractivity contribution in [2.45, 2.75) is 32.2 Å². The Balaban J connectivity index is 1.24. The number of hydrogen-bond donors (Lipinski definition) is 2. The van der Waals surface area contributed by atoms with Gasteiger partial charge < -0.3 is 29.8 Å². The Morgan fingerprint density at radius 1 is 1.12 bits per heavy atom. The second kappa shape index (κ2) is 12.6. The van der Waals surface area contributed by atoms with Gasteiger partial charge in [0.15, 0.2) is 5.69 Å². The molecule has 0 radical (unpaired) electrons. The molecule has 1 amide bonds. The van der Waals surface area contributed by atoms with E-state index >= 15 is 0 Å². The normalized spacial score (nSPS) is 14.8. The van der Waals surface area contributed by atoms with Crippen LogP contribution in [0.2, 0.25) is 0 Å². The van der Waals surface area contributed by atoms with Crippen molar-refractivity contribution in [3.63, 3.8) is 0 Å². The van der Waals surface area contributed by atoms with E-state index in [2.05, 4.69) is 41.5 Å². The van der Waals surface area contributed by atoms with Gasteiger partial charge in [-0.15, -0.1) is 0 Å². The van der Waals surface area contributed by atoms with Crippen molar-refractivity contribution in [1.82, 2.24) is 19.5 Å². The van der Waals surface area contributed by atoms with Crippen molar-refractivity contribution in [3.8, 4) is 0 Å². The second-order valence-corrected chi connectivity index (χ2v) is 11.3. The second-order valence-electron chi connectivity index (χ2n) is 10.4. The van der Waals surface area contributed by atoms with E-state index in [9.17, 15) is 14.9 Å². The average Bonchev–Trinajstić information content (AvgIpc) is 3.32. The number of anilines is 3. The number of nitrogens with zero attached hydrogens (tertiary/aromatic N) is 6. The molecule has 5 rings (SSSR count). The molecule has 0 bridgehead atoms. The van der Waals surface area contributed by atoms with Crippen LogP contribution in [-0.4, -0.2) is 54.5 Å². The lowest BCUT2D eigenvalue weighted by atomic mass is 10.1. The molecular weight excluding hydrogens is 588 g/mol. The zero-order valence-electron chi connectivity index (χ0n) is 22.8. The van der Waals surface area contributed by atoms with E-state index in [0.717, 1.165) is 58.0 Å². The van der Waals surface area contributed by atoms with Crippen LogP contribution >= 0.6 is 15.9 Å². The molecule has 0 saturated carbocycles. The fourth-order valence-electron chi connectivity index (χ4n) is 5.40. The molecule has 2 N–H and O–H groups in total. The Labute approximate surface area is 246 Å². The summed E-state index contributed by atoms with van der Waals surface area (Å²) in [5, 5.41) is 18.6. The third-order valence-electron chi connectivity index (χ3n) is 7.49. The maximum absolute atomic E-state index is 12.8. The number of rotatable bonds is 10. The first kappa shape index (κ1) is 28.4. The lowest BCUT2D eigenvalue weighted by molar-refractivity contribution is -0.945. The van der Waals surface area contributed by atoms with Gasteiger partial charge in [0.2, 0.25) is 12.2 Å². The standard InChI is InChI=1S/C29H31BrN8O3/c1-36-20-33-29(37(40)41)26(36)18-38(13-4-2-5-14-38)15-6-3-10-27(39)34-23-11-12-25-24(17-23)28(32-19-31-25)35-22-9-7-8-21(30)16-22/h3,7-12,16-17,19-20H,2,4-6,13-15,18H2,1H3,(H-,31,32,34,35,39)/p+1/b10-3+. The molecule has 1 aliphatic heterocycles. The van der Waals surface area contributed by atoms with Crippen LogP contribution in [0.25, 0.3) is 10.9 Å². The number of imidazole rings is 1. The average molecular weight is 621 g/mol. The van der Waals surface area contributed by atoms with Crippen LogP contribution in [0.1, 0.15) is 31.4 Å². The number of aryl methyl sites for hydroxylation is 1. The predicted octanol–water partition coefficient (Wildman–Crippen LogP) is 5.86. The van der Waals surface area contributed by atoms with E-state index in [1.165, 1.54) is 19.1 Å². The topological polar surface area (TPSA) is 128 Å². The van der Waals surface area contributed by atoms with Gasteiger partial charge in [-0.25, -0.2) is 9.97 Å². The molecule has 1 fully saturated rings. The van der Waals surface area contributed by atoms with Gasteiger partial charge in [-0.3, -0.25) is 4.79 Å². The zero-order chi connectivity index (χ0) is 28.8. The van der Waals surface area contributed by atoms with E-state index in [1.54, 1.807) is 17.7 Å². The number of nitrogens with one attached hydrogen (secondary N) is 2. The van der Waals surface area contributed by atoms with E-state index in [-0.39, 0.29) is 11.7 Å². The fourth-order valence-corrected chi connectivity index (χ4v) is 5.80. The molecule has 0 atom stereocenters. The molecule has 4 aromatic rings. The van der Waals surface area contributed by atoms with Crippen LogP contribution in [0, 0.1) is 10.1 Å². The molecular formula is C29H32BrN8O3+. The van der Waals surface area contributed by atoms with Crippen molar-refractivity contribution in [2.75, 3.05) is 30.3 Å². The summed E-state index contributed by atoms with van der Waals surface area (Å²) in [5.41, 5.74) is 2.93. The maximum Gasteiger partial charge on any atom is 0.390 e. The summed E-state index contributed by atoms with van der Waals surface area (Å²) in [5.74, 6) is 0.348. The van der Waals surface area contributed by atoms with E-state index in [4.69, 9.17) is 0 Å². The Kier molecular flexibility index (Phi) is 8.70. The van der Waals surface area contributed by atoms with Crippen LogP contribution in [0.3, 0.4) is 0 Å². The van der Waals surface area contributed by atoms with Gasteiger partial charge in [0.1, 0.15) is 18.7 Å². The Hall–Kier alpha value is -4.16. The number of fused-ring (bicyclic) bond motifs is 1. The molecule has 2 aromatic carbocycles. The van der Waals surface area contributed by atoms with Crippen LogP contribution in [-0.2, 0) is 18.4 Å². The zero-order valence-corrected chi connectivity index (χ0v) is 24.4. The number of carbonyl (C=O) groups is 1. The first-order valence-electron chi connectivity index (χ1n) is 13.6. The maximum atomic E-state index is 12.8. The van der Waals surface area contributed by atoms with Crippen molar-refractivity contribution in [2.24, 2.45) is 7.05 Å². The molecule has 212 valence electrons. The number of aromatic nitrogens is 4. The smallest absolute Gasteiger partial charge is 0.358 e. The van der Waals surface area contributed by atoms with Crippen molar-refractivity contribution in [3.05, 3.63) is 87.6 Å². The van der Waals surface area contributed by atoms with E-state index < -0.39 is 4.92 Å². The SMILES string of the molecule is Cn1cnc([N+](=O)[O-])c1C[N+]1(CC/C=C/C(=O)Nc2ccc3ncnc(Nc4cccc(Br)c4)c3c2)CCCCC1. The number of likely N-dealkylation sites (tertiary alicyclic amines) is 1. The molecule has 3 heterocycles. The summed E-state index contributed by atoms with van der Waals surface area (Å²) in [6.45, 7) is 3.27. The molecule has 2 aromatic heterocycles. The fraction of sp³-hybridized carbons (Fsp3) is 0.310. The molecule has 12 heteroatoms. The first-order chi connectivity index (χ1) is 19.8. The Bertz CT molecular complexity index is 1600. The minimum atomic E-state index is -0.404. The minimum Gasteiger partial charge on any atom is -0.358 e. The molecule has 0 aliphatic carbocycles. The number of quaternary nitrogens is 1. The highest BCUT2D eigenvalue weighted by Crippen LogP contribution is 2.28. The summed E-state index contributed by atoms with van der Waals surface area (Å²) in [6.07, 6.45) is 10.5. The highest BCUT2D eigenvalue weighted by Gasteiger charge is 2.34. The number of amides is 1. The third-order valence-corrected chi connectivity index (χ3v) is 7.98. The molecule has 1 saturated heterocycles. The lowest BCUT2D eigenvalue weighted by Crippen LogP contribution is -2.51. The summed E-state index contributed by atoms with van der Waals surface area (Å²) >= 11 is 3.48. The van der Waals surface area contributed by atoms with Gasteiger partial charge in [0, 0.05) is 34.7 Å². The quantitative estimate of drug-likeness (QED) is 0.0984. The molecule has 41 heavy (non-hydrogen) atoms. The third kappa shape index (κ3) is 6.95. The van der Waals surface area contributed by atoms with Crippen LogP contribution in [0.5, 0.6) is 0 Å². The number of piperidine rings is 1. The number of carbonyl (C=O) groups excluding carboxylic acids is 1. The monoisotopic (exact) mass is 619 g/mol. The minimum absolute atomic E-state index is 0.0683. The molecule has 1 aliphatic rings. The van der Waals surface area contributed by atoms with Crippen molar-refractivity contribution in [1.29, 1.82) is 0 Å². The predicted molar refractivity (Wildman–Crippen MR) is 162 cm³/mol. The van der Waals surface area contributed by atoms with Gasteiger partial charge in [-0.2, -0.15) is 0 Å². The number of halogens is 1. The van der Waals surface area contributed by atoms with Crippen molar-refractivity contribution >= 4 is 55.8 Å². The first-order valence-corrected chi connectivity index (χ1v) is 14.4. The van der Waals surface area contributed by atoms with E-state index in [0.29, 0.717) is 30.2 Å². The summed E-state index contributed by atoms with van der Waals surface area (Å²) in [4.78, 5) is 36.6. The van der Waals surface area contributed by atoms with Crippen LogP contribution in [0.4, 0.5) is 23.0 Å². The van der Waals surface area contributed by atoms with Gasteiger partial charge in [-0.05, 0) is 71.6 Å². The Morgan fingerprint density at radius 2 is 1.95 bits per heavy atom. The van der Waals surface area contributed by atoms with Gasteiger partial charge in [0.05, 0.1) is 25.2 Å². The lowest BCUT2D eigenvalue weighted by Gasteiger charge is -2.41. The largest absolute Gasteiger partial charge is 0.390 e. The number of hydrogen-bond acceptors (Lipinski definition) is 7. The summed E-state index contributed by atoms with van der Waals surface area (Å²) < 4.78 is 3.46. The van der Waals surface area contributed by atoms with E-state index in [1.807, 2.05) is 48.5 Å². The number of nitro groups is 1. The highest BCUT2D eigenvalue weighted by molar-refractivity contribution is 9.10. The number of benzene rings is 2. The van der Waals surface area contributed by atoms with Gasteiger partial charge in [0.25, 0.3) is 0 Å². The molecule has 0 unspecified atom stereocenters. The summed E-state index contributed by atoms with van der Waals surface area (Å²) in [6, 6.07) is 13.3. The van der Waals surface area contributed by atoms with Gasteiger partial charge >= 0.3 is 5.82 Å². The van der Waals surface area contributed by atoms with Crippen molar-refractivity contribution < 1.29 is 14.2 Å². The molecule has 11 nitrogen and oxygen atoms in total. The highest BCUT2D eigenvalue weighted by atomic mass is 79.9. The Morgan fingerprint density at radius 3 is 2.73 bits per heavy atom. The molecule has 0 spiro atoms. The van der Waals surface area contributed by atoms with Crippen LogP contribution in [0.15, 0.2) is 71.7 Å². The van der Waals surface area contributed by atoms with Crippen LogP contribution < -0.4 is 10.6 Å². The summed E-state index contributed by atoms with van der Waals surface area (Å²) in [7, 11) is 1.80. The van der Waals surface area contributed by atoms with Gasteiger partial charge in [-0.1, -0.05) is 28.1 Å².